The largest absolute Gasteiger partial charge is 0.326 e. The smallest absolute Gasteiger partial charge is 0.0357 e. The summed E-state index contributed by atoms with van der Waals surface area (Å²) in [7, 11) is 0. The fourth-order valence-corrected chi connectivity index (χ4v) is 2.66. The quantitative estimate of drug-likeness (QED) is 0.816. The van der Waals surface area contributed by atoms with Gasteiger partial charge in [-0.05, 0) is 23.6 Å². The van der Waals surface area contributed by atoms with Crippen LogP contribution < -0.4 is 5.73 Å². The Balaban J connectivity index is 2.67. The van der Waals surface area contributed by atoms with Crippen molar-refractivity contribution in [2.75, 3.05) is 0 Å². The summed E-state index contributed by atoms with van der Waals surface area (Å²) < 4.78 is 2.42. The number of rotatable bonds is 1. The van der Waals surface area contributed by atoms with Gasteiger partial charge >= 0.3 is 0 Å². The number of benzene rings is 1. The predicted molar refractivity (Wildman–Crippen MR) is 57.4 cm³/mol. The average molecular weight is 242 g/mol. The molecule has 0 bridgehead atoms. The van der Waals surface area contributed by atoms with Crippen molar-refractivity contribution in [3.8, 4) is 0 Å². The Morgan fingerprint density at radius 3 is 2.92 bits per heavy atom. The van der Waals surface area contributed by atoms with Gasteiger partial charge in [-0.25, -0.2) is 0 Å². The fourth-order valence-electron chi connectivity index (χ4n) is 1.16. The lowest BCUT2D eigenvalue weighted by Crippen LogP contribution is -1.90. The second kappa shape index (κ2) is 3.17. The number of halogens is 1. The molecule has 0 aliphatic carbocycles. The van der Waals surface area contributed by atoms with Gasteiger partial charge in [0.1, 0.15) is 0 Å². The van der Waals surface area contributed by atoms with E-state index in [-0.39, 0.29) is 0 Å². The maximum absolute atomic E-state index is 5.55. The van der Waals surface area contributed by atoms with Crippen LogP contribution in [0, 0.1) is 0 Å². The summed E-state index contributed by atoms with van der Waals surface area (Å²) in [5, 5.41) is 1.28. The minimum Gasteiger partial charge on any atom is -0.326 e. The highest BCUT2D eigenvalue weighted by Crippen LogP contribution is 2.27. The topological polar surface area (TPSA) is 26.0 Å². The van der Waals surface area contributed by atoms with Gasteiger partial charge in [-0.15, -0.1) is 11.3 Å². The molecule has 2 rings (SSSR count). The average Bonchev–Trinajstić information content (AvgIpc) is 2.46. The third-order valence-corrected chi connectivity index (χ3v) is 3.35. The monoisotopic (exact) mass is 241 g/mol. The maximum Gasteiger partial charge on any atom is 0.0357 e. The standard InChI is InChI=1S/C9H8BrNS/c10-7-2-1-6-3-8(5-11)12-9(6)4-7/h1-4H,5,11H2. The summed E-state index contributed by atoms with van der Waals surface area (Å²) in [5.74, 6) is 0. The predicted octanol–water partition coefficient (Wildman–Crippen LogP) is 3.12. The lowest BCUT2D eigenvalue weighted by atomic mass is 10.2. The maximum atomic E-state index is 5.55. The Morgan fingerprint density at radius 2 is 2.17 bits per heavy atom. The molecule has 2 N–H and O–H groups in total. The molecule has 1 aromatic carbocycles. The first kappa shape index (κ1) is 8.23. The number of nitrogens with two attached hydrogens (primary N) is 1. The zero-order valence-corrected chi connectivity index (χ0v) is 8.78. The van der Waals surface area contributed by atoms with Gasteiger partial charge in [0.15, 0.2) is 0 Å². The Kier molecular flexibility index (Phi) is 2.17. The molecule has 0 fully saturated rings. The van der Waals surface area contributed by atoms with Gasteiger partial charge in [0, 0.05) is 20.6 Å². The summed E-state index contributed by atoms with van der Waals surface area (Å²) in [5.41, 5.74) is 5.55. The van der Waals surface area contributed by atoms with Gasteiger partial charge in [0.25, 0.3) is 0 Å². The van der Waals surface area contributed by atoms with Crippen LogP contribution >= 0.6 is 27.3 Å². The van der Waals surface area contributed by atoms with Crippen LogP contribution in [0.25, 0.3) is 10.1 Å². The second-order valence-electron chi connectivity index (χ2n) is 2.60. The molecule has 0 aliphatic rings. The van der Waals surface area contributed by atoms with Gasteiger partial charge in [-0.1, -0.05) is 22.0 Å². The summed E-state index contributed by atoms with van der Waals surface area (Å²) in [6.07, 6.45) is 0. The van der Waals surface area contributed by atoms with Gasteiger partial charge in [-0.2, -0.15) is 0 Å². The number of thiophene rings is 1. The van der Waals surface area contributed by atoms with E-state index in [2.05, 4.69) is 40.2 Å². The molecule has 1 aromatic heterocycles. The van der Waals surface area contributed by atoms with Crippen molar-refractivity contribution in [2.24, 2.45) is 5.73 Å². The summed E-state index contributed by atoms with van der Waals surface area (Å²) in [6, 6.07) is 8.43. The Hall–Kier alpha value is -0.380. The second-order valence-corrected chi connectivity index (χ2v) is 4.68. The molecule has 0 atom stereocenters. The molecule has 0 aliphatic heterocycles. The van der Waals surface area contributed by atoms with Gasteiger partial charge in [0.2, 0.25) is 0 Å². The first-order valence-electron chi connectivity index (χ1n) is 3.67. The third-order valence-electron chi connectivity index (χ3n) is 1.73. The van der Waals surface area contributed by atoms with Crippen molar-refractivity contribution < 1.29 is 0 Å². The molecule has 0 spiro atoms. The normalized spacial score (nSPS) is 10.8. The van der Waals surface area contributed by atoms with E-state index >= 15 is 0 Å². The third kappa shape index (κ3) is 1.40. The molecule has 0 saturated heterocycles. The van der Waals surface area contributed by atoms with Crippen molar-refractivity contribution in [3.63, 3.8) is 0 Å². The van der Waals surface area contributed by atoms with Crippen molar-refractivity contribution in [1.82, 2.24) is 0 Å². The number of hydrogen-bond donors (Lipinski definition) is 1. The lowest BCUT2D eigenvalue weighted by Gasteiger charge is -1.88. The highest BCUT2D eigenvalue weighted by molar-refractivity contribution is 9.10. The van der Waals surface area contributed by atoms with Crippen molar-refractivity contribution >= 4 is 37.4 Å². The van der Waals surface area contributed by atoms with E-state index in [1.54, 1.807) is 11.3 Å². The van der Waals surface area contributed by atoms with Crippen LogP contribution in [-0.2, 0) is 6.54 Å². The molecule has 0 unspecified atom stereocenters. The van der Waals surface area contributed by atoms with Crippen LogP contribution in [0.15, 0.2) is 28.7 Å². The van der Waals surface area contributed by atoms with E-state index in [1.807, 2.05) is 0 Å². The Bertz CT molecular complexity index is 408. The van der Waals surface area contributed by atoms with Crippen LogP contribution in [-0.4, -0.2) is 0 Å². The highest BCUT2D eigenvalue weighted by atomic mass is 79.9. The Morgan fingerprint density at radius 1 is 1.33 bits per heavy atom. The molecule has 12 heavy (non-hydrogen) atoms. The number of hydrogen-bond acceptors (Lipinski definition) is 2. The molecule has 0 saturated carbocycles. The van der Waals surface area contributed by atoms with E-state index < -0.39 is 0 Å². The minimum atomic E-state index is 0.636. The first-order chi connectivity index (χ1) is 5.79. The molecule has 3 heteroatoms. The van der Waals surface area contributed by atoms with Crippen LogP contribution in [0.3, 0.4) is 0 Å². The SMILES string of the molecule is NCc1cc2ccc(Br)cc2s1. The fraction of sp³-hybridized carbons (Fsp3) is 0.111. The molecule has 0 amide bonds. The molecular weight excluding hydrogens is 234 g/mol. The van der Waals surface area contributed by atoms with E-state index in [0.29, 0.717) is 6.54 Å². The lowest BCUT2D eigenvalue weighted by molar-refractivity contribution is 1.11. The van der Waals surface area contributed by atoms with Gasteiger partial charge < -0.3 is 5.73 Å². The molecule has 0 radical (unpaired) electrons. The zero-order chi connectivity index (χ0) is 8.55. The van der Waals surface area contributed by atoms with E-state index in [4.69, 9.17) is 5.73 Å². The van der Waals surface area contributed by atoms with Crippen LogP contribution in [0.2, 0.25) is 0 Å². The van der Waals surface area contributed by atoms with Crippen LogP contribution in [0.1, 0.15) is 4.88 Å². The van der Waals surface area contributed by atoms with Crippen molar-refractivity contribution in [1.29, 1.82) is 0 Å². The molecule has 2 aromatic rings. The van der Waals surface area contributed by atoms with Gasteiger partial charge in [-0.3, -0.25) is 0 Å². The summed E-state index contributed by atoms with van der Waals surface area (Å²) in [4.78, 5) is 1.24. The summed E-state index contributed by atoms with van der Waals surface area (Å²) in [6.45, 7) is 0.636. The molecule has 1 heterocycles. The molecule has 62 valence electrons. The number of fused-ring (bicyclic) bond motifs is 1. The highest BCUT2D eigenvalue weighted by Gasteiger charge is 1.99. The van der Waals surface area contributed by atoms with Crippen LogP contribution in [0.4, 0.5) is 0 Å². The minimum absolute atomic E-state index is 0.636. The van der Waals surface area contributed by atoms with E-state index in [0.717, 1.165) is 4.47 Å². The molecule has 1 nitrogen and oxygen atoms in total. The molecular formula is C9H8BrNS. The zero-order valence-electron chi connectivity index (χ0n) is 6.38. The Labute approximate surface area is 83.3 Å². The van der Waals surface area contributed by atoms with Crippen molar-refractivity contribution in [2.45, 2.75) is 6.54 Å². The van der Waals surface area contributed by atoms with Gasteiger partial charge in [0.05, 0.1) is 0 Å². The summed E-state index contributed by atoms with van der Waals surface area (Å²) >= 11 is 5.20. The van der Waals surface area contributed by atoms with E-state index in [9.17, 15) is 0 Å². The van der Waals surface area contributed by atoms with Crippen molar-refractivity contribution in [3.05, 3.63) is 33.6 Å². The first-order valence-corrected chi connectivity index (χ1v) is 5.28. The van der Waals surface area contributed by atoms with E-state index in [1.165, 1.54) is 15.0 Å². The van der Waals surface area contributed by atoms with Crippen LogP contribution in [0.5, 0.6) is 0 Å².